The van der Waals surface area contributed by atoms with Gasteiger partial charge in [-0.2, -0.15) is 0 Å². The van der Waals surface area contributed by atoms with E-state index in [9.17, 15) is 4.79 Å². The number of methoxy groups -OCH3 is 1. The van der Waals surface area contributed by atoms with E-state index in [2.05, 4.69) is 11.1 Å². The molecule has 2 aromatic rings. The number of fused-ring (bicyclic) bond motifs is 1. The topological polar surface area (TPSA) is 51.7 Å². The van der Waals surface area contributed by atoms with E-state index >= 15 is 0 Å². The summed E-state index contributed by atoms with van der Waals surface area (Å²) >= 11 is 0. The van der Waals surface area contributed by atoms with E-state index in [-0.39, 0.29) is 5.91 Å². The maximum Gasteiger partial charge on any atom is 0.253 e. The molecule has 142 valence electrons. The Hall–Kier alpha value is -2.56. The van der Waals surface area contributed by atoms with E-state index in [4.69, 9.17) is 9.47 Å². The molecular weight excluding hydrogens is 340 g/mol. The van der Waals surface area contributed by atoms with Crippen molar-refractivity contribution in [3.63, 3.8) is 0 Å². The third kappa shape index (κ3) is 4.07. The zero-order chi connectivity index (χ0) is 18.6. The quantitative estimate of drug-likeness (QED) is 0.831. The number of amides is 1. The Bertz CT molecular complexity index is 815. The molecule has 1 atom stereocenters. The monoisotopic (exact) mass is 366 g/mol. The first-order valence-corrected chi connectivity index (χ1v) is 9.77. The molecule has 2 aliphatic heterocycles. The molecule has 3 heterocycles. The van der Waals surface area contributed by atoms with Gasteiger partial charge in [0.2, 0.25) is 0 Å². The predicted molar refractivity (Wildman–Crippen MR) is 103 cm³/mol. The Morgan fingerprint density at radius 2 is 2.07 bits per heavy atom. The number of benzene rings is 1. The molecule has 0 N–H and O–H groups in total. The van der Waals surface area contributed by atoms with Crippen LogP contribution in [0.3, 0.4) is 0 Å². The highest BCUT2D eigenvalue weighted by molar-refractivity contribution is 5.94. The molecule has 2 aliphatic rings. The number of aromatic nitrogens is 1. The molecule has 5 heteroatoms. The Balaban J connectivity index is 1.43. The minimum atomic E-state index is 0.135. The Morgan fingerprint density at radius 1 is 1.22 bits per heavy atom. The summed E-state index contributed by atoms with van der Waals surface area (Å²) in [6.45, 7) is 2.40. The Kier molecular flexibility index (Phi) is 5.28. The van der Waals surface area contributed by atoms with E-state index in [0.717, 1.165) is 61.5 Å². The lowest BCUT2D eigenvalue weighted by Crippen LogP contribution is -2.35. The van der Waals surface area contributed by atoms with Crippen molar-refractivity contribution in [2.45, 2.75) is 32.1 Å². The Labute approximate surface area is 160 Å². The highest BCUT2D eigenvalue weighted by Gasteiger charge is 2.23. The highest BCUT2D eigenvalue weighted by Crippen LogP contribution is 2.32. The van der Waals surface area contributed by atoms with Crippen molar-refractivity contribution in [2.75, 3.05) is 26.8 Å². The van der Waals surface area contributed by atoms with Crippen LogP contribution in [0.1, 0.15) is 40.9 Å². The summed E-state index contributed by atoms with van der Waals surface area (Å²) < 4.78 is 11.2. The fourth-order valence-electron chi connectivity index (χ4n) is 3.97. The van der Waals surface area contributed by atoms with Crippen LogP contribution in [0, 0.1) is 5.92 Å². The highest BCUT2D eigenvalue weighted by atomic mass is 16.5. The van der Waals surface area contributed by atoms with Crippen molar-refractivity contribution in [1.29, 1.82) is 0 Å². The first-order valence-electron chi connectivity index (χ1n) is 9.77. The first-order chi connectivity index (χ1) is 13.2. The van der Waals surface area contributed by atoms with Crippen LogP contribution in [0.4, 0.5) is 0 Å². The van der Waals surface area contributed by atoms with E-state index in [1.165, 1.54) is 12.0 Å². The maximum atomic E-state index is 12.7. The summed E-state index contributed by atoms with van der Waals surface area (Å²) in [4.78, 5) is 19.2. The number of carbonyl (C=O) groups is 1. The van der Waals surface area contributed by atoms with Gasteiger partial charge in [-0.25, -0.2) is 0 Å². The molecule has 0 spiro atoms. The van der Waals surface area contributed by atoms with Crippen LogP contribution in [-0.2, 0) is 12.8 Å². The molecule has 0 radical (unpaired) electrons. The lowest BCUT2D eigenvalue weighted by Gasteiger charge is -2.27. The van der Waals surface area contributed by atoms with Gasteiger partial charge in [0.1, 0.15) is 11.5 Å². The molecule has 0 aliphatic carbocycles. The fourth-order valence-corrected chi connectivity index (χ4v) is 3.97. The molecule has 27 heavy (non-hydrogen) atoms. The van der Waals surface area contributed by atoms with Crippen LogP contribution in [0.15, 0.2) is 36.5 Å². The normalized spacial score (nSPS) is 19.1. The maximum absolute atomic E-state index is 12.7. The fraction of sp³-hybridized carbons (Fsp3) is 0.455. The van der Waals surface area contributed by atoms with Gasteiger partial charge in [0.05, 0.1) is 13.7 Å². The van der Waals surface area contributed by atoms with Gasteiger partial charge in [-0.05, 0) is 55.9 Å². The number of ether oxygens (including phenoxy) is 2. The molecule has 5 nitrogen and oxygen atoms in total. The molecule has 4 rings (SSSR count). The standard InChI is InChI=1S/C22H26N2O3/c1-26-20-6-5-17-11-16(15-27-21(17)14-20)12-19-13-18(7-8-23-19)22(25)24-9-3-2-4-10-24/h5-8,13-14,16H,2-4,9-12,15H2,1H3. The molecule has 1 unspecified atom stereocenters. The zero-order valence-electron chi connectivity index (χ0n) is 15.8. The van der Waals surface area contributed by atoms with Gasteiger partial charge < -0.3 is 14.4 Å². The zero-order valence-corrected chi connectivity index (χ0v) is 15.8. The van der Waals surface area contributed by atoms with Crippen LogP contribution < -0.4 is 9.47 Å². The summed E-state index contributed by atoms with van der Waals surface area (Å²) in [6, 6.07) is 9.78. The smallest absolute Gasteiger partial charge is 0.253 e. The van der Waals surface area contributed by atoms with Gasteiger partial charge in [-0.15, -0.1) is 0 Å². The number of pyridine rings is 1. The van der Waals surface area contributed by atoms with Crippen LogP contribution in [0.5, 0.6) is 11.5 Å². The number of carbonyl (C=O) groups excluding carboxylic acids is 1. The molecule has 1 saturated heterocycles. The number of hydrogen-bond donors (Lipinski definition) is 0. The largest absolute Gasteiger partial charge is 0.497 e. The van der Waals surface area contributed by atoms with Gasteiger partial charge in [0.25, 0.3) is 5.91 Å². The summed E-state index contributed by atoms with van der Waals surface area (Å²) in [5.41, 5.74) is 2.92. The SMILES string of the molecule is COc1ccc2c(c1)OCC(Cc1cc(C(=O)N3CCCCC3)ccn1)C2. The average molecular weight is 366 g/mol. The van der Waals surface area contributed by atoms with Gasteiger partial charge in [0, 0.05) is 42.5 Å². The first kappa shape index (κ1) is 17.8. The second kappa shape index (κ2) is 7.99. The van der Waals surface area contributed by atoms with E-state index in [1.807, 2.05) is 29.2 Å². The number of likely N-dealkylation sites (tertiary alicyclic amines) is 1. The second-order valence-electron chi connectivity index (χ2n) is 7.45. The van der Waals surface area contributed by atoms with Crippen LogP contribution >= 0.6 is 0 Å². The van der Waals surface area contributed by atoms with E-state index in [0.29, 0.717) is 12.5 Å². The lowest BCUT2D eigenvalue weighted by atomic mass is 9.92. The minimum absolute atomic E-state index is 0.135. The molecule has 0 saturated carbocycles. The molecular formula is C22H26N2O3. The summed E-state index contributed by atoms with van der Waals surface area (Å²) in [5.74, 6) is 2.22. The molecule has 1 fully saturated rings. The van der Waals surface area contributed by atoms with Gasteiger partial charge in [0.15, 0.2) is 0 Å². The third-order valence-electron chi connectivity index (χ3n) is 5.46. The van der Waals surface area contributed by atoms with Crippen molar-refractivity contribution >= 4 is 5.91 Å². The van der Waals surface area contributed by atoms with Gasteiger partial charge in [-0.3, -0.25) is 9.78 Å². The number of piperidine rings is 1. The van der Waals surface area contributed by atoms with E-state index < -0.39 is 0 Å². The number of hydrogen-bond acceptors (Lipinski definition) is 4. The summed E-state index contributed by atoms with van der Waals surface area (Å²) in [5, 5.41) is 0. The van der Waals surface area contributed by atoms with Crippen molar-refractivity contribution in [2.24, 2.45) is 5.92 Å². The van der Waals surface area contributed by atoms with Crippen LogP contribution in [0.25, 0.3) is 0 Å². The molecule has 1 aromatic heterocycles. The van der Waals surface area contributed by atoms with E-state index in [1.54, 1.807) is 13.3 Å². The predicted octanol–water partition coefficient (Wildman–Crippen LogP) is 3.51. The van der Waals surface area contributed by atoms with Crippen LogP contribution in [0.2, 0.25) is 0 Å². The molecule has 0 bridgehead atoms. The third-order valence-corrected chi connectivity index (χ3v) is 5.46. The van der Waals surface area contributed by atoms with Crippen LogP contribution in [-0.4, -0.2) is 42.6 Å². The summed E-state index contributed by atoms with van der Waals surface area (Å²) in [7, 11) is 1.66. The van der Waals surface area contributed by atoms with Crippen molar-refractivity contribution < 1.29 is 14.3 Å². The lowest BCUT2D eigenvalue weighted by molar-refractivity contribution is 0.0724. The van der Waals surface area contributed by atoms with Gasteiger partial charge >= 0.3 is 0 Å². The molecule has 1 aromatic carbocycles. The average Bonchev–Trinajstić information content (AvgIpc) is 2.73. The number of rotatable bonds is 4. The minimum Gasteiger partial charge on any atom is -0.497 e. The van der Waals surface area contributed by atoms with Crippen molar-refractivity contribution in [3.05, 3.63) is 53.3 Å². The van der Waals surface area contributed by atoms with Gasteiger partial charge in [-0.1, -0.05) is 6.07 Å². The Morgan fingerprint density at radius 3 is 2.89 bits per heavy atom. The summed E-state index contributed by atoms with van der Waals surface area (Å²) in [6.07, 6.45) is 6.95. The number of nitrogens with zero attached hydrogens (tertiary/aromatic N) is 2. The second-order valence-corrected chi connectivity index (χ2v) is 7.45. The molecule has 1 amide bonds. The van der Waals surface area contributed by atoms with Crippen molar-refractivity contribution in [3.8, 4) is 11.5 Å². The van der Waals surface area contributed by atoms with Crippen molar-refractivity contribution in [1.82, 2.24) is 9.88 Å².